The maximum Gasteiger partial charge on any atom is 0.331 e. The molecule has 30 heavy (non-hydrogen) atoms. The zero-order valence-electron chi connectivity index (χ0n) is 16.7. The molecule has 0 aliphatic carbocycles. The number of hydrogen-bond acceptors (Lipinski definition) is 6. The Morgan fingerprint density at radius 1 is 1.03 bits per heavy atom. The van der Waals surface area contributed by atoms with Crippen LogP contribution in [-0.2, 0) is 14.3 Å². The number of hydrogen-bond donors (Lipinski definition) is 2. The zero-order chi connectivity index (χ0) is 21.5. The Bertz CT molecular complexity index is 999. The first-order valence-electron chi connectivity index (χ1n) is 9.33. The van der Waals surface area contributed by atoms with E-state index in [0.29, 0.717) is 36.0 Å². The molecule has 0 spiro atoms. The van der Waals surface area contributed by atoms with Crippen molar-refractivity contribution in [2.45, 2.75) is 13.8 Å². The van der Waals surface area contributed by atoms with E-state index in [1.165, 1.54) is 12.2 Å². The summed E-state index contributed by atoms with van der Waals surface area (Å²) in [6, 6.07) is 10.1. The SMILES string of the molecule is Cc1ccc(NC(=O)NC(=O)COC(=O)/C=C/c2ccc3c(c2)OCCO3)c(C)c1. The molecule has 2 N–H and O–H groups in total. The maximum atomic E-state index is 11.9. The van der Waals surface area contributed by atoms with Gasteiger partial charge in [-0.3, -0.25) is 10.1 Å². The number of carbonyl (C=O) groups is 3. The summed E-state index contributed by atoms with van der Waals surface area (Å²) in [4.78, 5) is 35.5. The van der Waals surface area contributed by atoms with Gasteiger partial charge >= 0.3 is 12.0 Å². The van der Waals surface area contributed by atoms with Crippen LogP contribution in [0.1, 0.15) is 16.7 Å². The van der Waals surface area contributed by atoms with E-state index < -0.39 is 24.5 Å². The summed E-state index contributed by atoms with van der Waals surface area (Å²) < 4.78 is 15.8. The summed E-state index contributed by atoms with van der Waals surface area (Å²) >= 11 is 0. The van der Waals surface area contributed by atoms with Crippen molar-refractivity contribution in [3.63, 3.8) is 0 Å². The number of aryl methyl sites for hydroxylation is 2. The van der Waals surface area contributed by atoms with E-state index in [9.17, 15) is 14.4 Å². The fourth-order valence-corrected chi connectivity index (χ4v) is 2.78. The van der Waals surface area contributed by atoms with Crippen molar-refractivity contribution in [2.24, 2.45) is 0 Å². The molecule has 1 aliphatic heterocycles. The highest BCUT2D eigenvalue weighted by Gasteiger charge is 2.12. The summed E-state index contributed by atoms with van der Waals surface area (Å²) in [6.07, 6.45) is 2.72. The fraction of sp³-hybridized carbons (Fsp3) is 0.227. The third-order valence-corrected chi connectivity index (χ3v) is 4.21. The molecule has 8 heteroatoms. The molecular weight excluding hydrogens is 388 g/mol. The Hall–Kier alpha value is -3.81. The second kappa shape index (κ2) is 9.60. The van der Waals surface area contributed by atoms with E-state index in [0.717, 1.165) is 11.1 Å². The predicted molar refractivity (Wildman–Crippen MR) is 111 cm³/mol. The van der Waals surface area contributed by atoms with Crippen molar-refractivity contribution >= 4 is 29.7 Å². The van der Waals surface area contributed by atoms with Gasteiger partial charge in [-0.2, -0.15) is 0 Å². The molecule has 0 aromatic heterocycles. The van der Waals surface area contributed by atoms with Gasteiger partial charge in [0, 0.05) is 11.8 Å². The molecular formula is C22H22N2O6. The predicted octanol–water partition coefficient (Wildman–Crippen LogP) is 2.98. The van der Waals surface area contributed by atoms with Crippen LogP contribution >= 0.6 is 0 Å². The lowest BCUT2D eigenvalue weighted by atomic mass is 10.1. The molecule has 0 unspecified atom stereocenters. The Balaban J connectivity index is 1.44. The quantitative estimate of drug-likeness (QED) is 0.580. The number of urea groups is 1. The lowest BCUT2D eigenvalue weighted by Crippen LogP contribution is -2.37. The van der Waals surface area contributed by atoms with Crippen LogP contribution in [0.15, 0.2) is 42.5 Å². The van der Waals surface area contributed by atoms with Crippen LogP contribution in [0.5, 0.6) is 11.5 Å². The number of ether oxygens (including phenoxy) is 3. The van der Waals surface area contributed by atoms with E-state index in [-0.39, 0.29) is 0 Å². The van der Waals surface area contributed by atoms with Gasteiger partial charge in [0.2, 0.25) is 0 Å². The van der Waals surface area contributed by atoms with E-state index in [4.69, 9.17) is 14.2 Å². The largest absolute Gasteiger partial charge is 0.486 e. The standard InChI is InChI=1S/C22H22N2O6/c1-14-3-6-17(15(2)11-14)23-22(27)24-20(25)13-30-21(26)8-5-16-4-7-18-19(12-16)29-10-9-28-18/h3-8,11-12H,9-10,13H2,1-2H3,(H2,23,24,25,27)/b8-5+. The zero-order valence-corrected chi connectivity index (χ0v) is 16.7. The molecule has 3 amide bonds. The van der Waals surface area contributed by atoms with Crippen molar-refractivity contribution in [2.75, 3.05) is 25.1 Å². The van der Waals surface area contributed by atoms with E-state index in [1.54, 1.807) is 24.3 Å². The van der Waals surface area contributed by atoms with Crippen molar-refractivity contribution in [1.29, 1.82) is 0 Å². The van der Waals surface area contributed by atoms with Gasteiger partial charge in [-0.15, -0.1) is 0 Å². The number of rotatable bonds is 5. The number of benzene rings is 2. The number of imide groups is 1. The average Bonchev–Trinajstić information content (AvgIpc) is 2.72. The van der Waals surface area contributed by atoms with Crippen molar-refractivity contribution in [3.05, 3.63) is 59.2 Å². The molecule has 2 aromatic carbocycles. The Morgan fingerprint density at radius 3 is 2.57 bits per heavy atom. The van der Waals surface area contributed by atoms with E-state index in [2.05, 4.69) is 10.6 Å². The number of anilines is 1. The molecule has 8 nitrogen and oxygen atoms in total. The van der Waals surface area contributed by atoms with Crippen molar-refractivity contribution < 1.29 is 28.6 Å². The minimum absolute atomic E-state index is 0.467. The third kappa shape index (κ3) is 5.84. The first-order valence-corrected chi connectivity index (χ1v) is 9.33. The molecule has 0 saturated carbocycles. The van der Waals surface area contributed by atoms with E-state index >= 15 is 0 Å². The van der Waals surface area contributed by atoms with Crippen LogP contribution in [0.3, 0.4) is 0 Å². The second-order valence-electron chi connectivity index (χ2n) is 6.66. The highest BCUT2D eigenvalue weighted by atomic mass is 16.6. The number of esters is 1. The molecule has 0 saturated heterocycles. The Labute approximate surface area is 173 Å². The van der Waals surface area contributed by atoms with Crippen molar-refractivity contribution in [1.82, 2.24) is 5.32 Å². The number of carbonyl (C=O) groups excluding carboxylic acids is 3. The van der Waals surface area contributed by atoms with Crippen LogP contribution in [0.2, 0.25) is 0 Å². The molecule has 0 radical (unpaired) electrons. The van der Waals surface area contributed by atoms with Crippen molar-refractivity contribution in [3.8, 4) is 11.5 Å². The monoisotopic (exact) mass is 410 g/mol. The molecule has 156 valence electrons. The first kappa shape index (κ1) is 20.9. The summed E-state index contributed by atoms with van der Waals surface area (Å²) in [5.41, 5.74) is 3.23. The van der Waals surface area contributed by atoms with Crippen LogP contribution in [0.4, 0.5) is 10.5 Å². The molecule has 0 atom stereocenters. The highest BCUT2D eigenvalue weighted by molar-refractivity contribution is 6.02. The minimum Gasteiger partial charge on any atom is -0.486 e. The molecule has 0 bridgehead atoms. The smallest absolute Gasteiger partial charge is 0.331 e. The van der Waals surface area contributed by atoms with Gasteiger partial charge in [-0.25, -0.2) is 9.59 Å². The van der Waals surface area contributed by atoms with E-state index in [1.807, 2.05) is 26.0 Å². The lowest BCUT2D eigenvalue weighted by Gasteiger charge is -2.18. The molecule has 2 aromatic rings. The van der Waals surface area contributed by atoms with Gasteiger partial charge in [0.1, 0.15) is 13.2 Å². The fourth-order valence-electron chi connectivity index (χ4n) is 2.78. The molecule has 1 heterocycles. The van der Waals surface area contributed by atoms with Crippen LogP contribution in [-0.4, -0.2) is 37.7 Å². The normalized spacial score (nSPS) is 12.3. The third-order valence-electron chi connectivity index (χ3n) is 4.21. The summed E-state index contributed by atoms with van der Waals surface area (Å²) in [5.74, 6) is -0.198. The Kier molecular flexibility index (Phi) is 6.69. The molecule has 0 fully saturated rings. The van der Waals surface area contributed by atoms with Gasteiger partial charge in [0.15, 0.2) is 18.1 Å². The van der Waals surface area contributed by atoms with Gasteiger partial charge in [-0.1, -0.05) is 23.8 Å². The van der Waals surface area contributed by atoms with Gasteiger partial charge in [-0.05, 0) is 49.2 Å². The minimum atomic E-state index is -0.738. The van der Waals surface area contributed by atoms with Gasteiger partial charge in [0.25, 0.3) is 5.91 Å². The number of fused-ring (bicyclic) bond motifs is 1. The van der Waals surface area contributed by atoms with Gasteiger partial charge in [0.05, 0.1) is 0 Å². The highest BCUT2D eigenvalue weighted by Crippen LogP contribution is 2.31. The number of nitrogens with one attached hydrogen (secondary N) is 2. The molecule has 3 rings (SSSR count). The van der Waals surface area contributed by atoms with Crippen LogP contribution < -0.4 is 20.1 Å². The summed E-state index contributed by atoms with van der Waals surface area (Å²) in [7, 11) is 0. The Morgan fingerprint density at radius 2 is 1.80 bits per heavy atom. The van der Waals surface area contributed by atoms with Crippen LogP contribution in [0.25, 0.3) is 6.08 Å². The molecule has 1 aliphatic rings. The van der Waals surface area contributed by atoms with Gasteiger partial charge < -0.3 is 19.5 Å². The summed E-state index contributed by atoms with van der Waals surface area (Å²) in [5, 5.41) is 4.69. The maximum absolute atomic E-state index is 11.9. The lowest BCUT2D eigenvalue weighted by molar-refractivity contribution is -0.143. The topological polar surface area (TPSA) is 103 Å². The summed E-state index contributed by atoms with van der Waals surface area (Å²) in [6.45, 7) is 4.18. The van der Waals surface area contributed by atoms with Crippen LogP contribution in [0, 0.1) is 13.8 Å². The first-order chi connectivity index (χ1) is 14.4. The second-order valence-corrected chi connectivity index (χ2v) is 6.66. The average molecular weight is 410 g/mol. The number of amides is 3.